The molecule has 10 nitrogen and oxygen atoms in total. The number of amides is 1. The Morgan fingerprint density at radius 3 is 2.68 bits per heavy atom. The number of fused-ring (bicyclic) bond motifs is 1. The average molecular weight is 378 g/mol. The molecule has 3 heterocycles. The standard InChI is InChI=1S/C18H14N6O4/c1-23-15(13(9-19-23)28-18(26)27)17(25)20-12-7-8-14-21-16(22-24(14)10-12)11-5-3-2-4-6-11/h2-10H,1H3,(H,20,25)(H,26,27). The van der Waals surface area contributed by atoms with Gasteiger partial charge < -0.3 is 15.2 Å². The number of hydrogen-bond acceptors (Lipinski definition) is 6. The van der Waals surface area contributed by atoms with Crippen molar-refractivity contribution in [2.24, 2.45) is 7.05 Å². The Hall–Kier alpha value is -4.21. The number of aryl methyl sites for hydroxylation is 1. The van der Waals surface area contributed by atoms with E-state index in [0.29, 0.717) is 17.2 Å². The van der Waals surface area contributed by atoms with Gasteiger partial charge >= 0.3 is 6.16 Å². The van der Waals surface area contributed by atoms with Crippen molar-refractivity contribution in [2.45, 2.75) is 0 Å². The fraction of sp³-hybridized carbons (Fsp3) is 0.0556. The summed E-state index contributed by atoms with van der Waals surface area (Å²) in [7, 11) is 1.51. The molecule has 28 heavy (non-hydrogen) atoms. The van der Waals surface area contributed by atoms with Crippen LogP contribution >= 0.6 is 0 Å². The number of nitrogens with one attached hydrogen (secondary N) is 1. The first-order valence-corrected chi connectivity index (χ1v) is 8.17. The van der Waals surface area contributed by atoms with Crippen LogP contribution in [0.2, 0.25) is 0 Å². The summed E-state index contributed by atoms with van der Waals surface area (Å²) in [4.78, 5) is 27.8. The minimum absolute atomic E-state index is 0.0222. The number of hydrogen-bond donors (Lipinski definition) is 2. The highest BCUT2D eigenvalue weighted by Crippen LogP contribution is 2.21. The van der Waals surface area contributed by atoms with Gasteiger partial charge in [0.1, 0.15) is 0 Å². The van der Waals surface area contributed by atoms with E-state index in [1.54, 1.807) is 22.8 Å². The molecule has 140 valence electrons. The second kappa shape index (κ2) is 6.83. The summed E-state index contributed by atoms with van der Waals surface area (Å²) < 4.78 is 7.38. The number of anilines is 1. The highest BCUT2D eigenvalue weighted by molar-refractivity contribution is 6.05. The fourth-order valence-electron chi connectivity index (χ4n) is 2.70. The van der Waals surface area contributed by atoms with Crippen LogP contribution in [0.4, 0.5) is 10.5 Å². The van der Waals surface area contributed by atoms with E-state index in [2.05, 4.69) is 25.2 Å². The Morgan fingerprint density at radius 2 is 1.93 bits per heavy atom. The lowest BCUT2D eigenvalue weighted by Gasteiger charge is -2.07. The molecule has 0 radical (unpaired) electrons. The predicted molar refractivity (Wildman–Crippen MR) is 98.2 cm³/mol. The van der Waals surface area contributed by atoms with Gasteiger partial charge in [0.05, 0.1) is 18.1 Å². The van der Waals surface area contributed by atoms with Crippen molar-refractivity contribution in [3.8, 4) is 17.1 Å². The van der Waals surface area contributed by atoms with Crippen LogP contribution < -0.4 is 10.1 Å². The van der Waals surface area contributed by atoms with Crippen molar-refractivity contribution in [2.75, 3.05) is 5.32 Å². The van der Waals surface area contributed by atoms with E-state index in [1.165, 1.54) is 11.7 Å². The summed E-state index contributed by atoms with van der Waals surface area (Å²) >= 11 is 0. The van der Waals surface area contributed by atoms with Crippen molar-refractivity contribution in [1.82, 2.24) is 24.4 Å². The molecule has 0 aliphatic heterocycles. The second-order valence-electron chi connectivity index (χ2n) is 5.83. The van der Waals surface area contributed by atoms with Crippen LogP contribution in [0.15, 0.2) is 54.9 Å². The molecule has 4 aromatic rings. The van der Waals surface area contributed by atoms with Crippen LogP contribution in [0, 0.1) is 0 Å². The van der Waals surface area contributed by atoms with Gasteiger partial charge in [0.2, 0.25) is 0 Å². The highest BCUT2D eigenvalue weighted by Gasteiger charge is 2.21. The van der Waals surface area contributed by atoms with E-state index in [1.807, 2.05) is 30.3 Å². The van der Waals surface area contributed by atoms with Gasteiger partial charge in [-0.25, -0.2) is 14.3 Å². The first kappa shape index (κ1) is 17.2. The summed E-state index contributed by atoms with van der Waals surface area (Å²) in [6, 6.07) is 12.9. The average Bonchev–Trinajstić information content (AvgIpc) is 3.25. The van der Waals surface area contributed by atoms with E-state index in [0.717, 1.165) is 11.8 Å². The minimum atomic E-state index is -1.53. The molecule has 4 rings (SSSR count). The maximum absolute atomic E-state index is 12.6. The van der Waals surface area contributed by atoms with Crippen molar-refractivity contribution in [3.63, 3.8) is 0 Å². The van der Waals surface area contributed by atoms with Gasteiger partial charge in [-0.2, -0.15) is 5.10 Å². The lowest BCUT2D eigenvalue weighted by Crippen LogP contribution is -2.18. The van der Waals surface area contributed by atoms with E-state index < -0.39 is 12.1 Å². The fourth-order valence-corrected chi connectivity index (χ4v) is 2.70. The molecule has 1 amide bonds. The van der Waals surface area contributed by atoms with Crippen LogP contribution in [-0.4, -0.2) is 41.5 Å². The zero-order chi connectivity index (χ0) is 19.7. The maximum Gasteiger partial charge on any atom is 0.511 e. The number of carboxylic acid groups (broad SMARTS) is 1. The molecule has 0 unspecified atom stereocenters. The van der Waals surface area contributed by atoms with Crippen LogP contribution in [0.1, 0.15) is 10.5 Å². The summed E-state index contributed by atoms with van der Waals surface area (Å²) in [5, 5.41) is 19.7. The lowest BCUT2D eigenvalue weighted by molar-refractivity contribution is 0.101. The monoisotopic (exact) mass is 378 g/mol. The van der Waals surface area contributed by atoms with E-state index in [9.17, 15) is 9.59 Å². The Balaban J connectivity index is 1.61. The molecule has 0 fully saturated rings. The Kier molecular flexibility index (Phi) is 4.20. The number of benzene rings is 1. The first-order chi connectivity index (χ1) is 13.5. The maximum atomic E-state index is 12.6. The van der Waals surface area contributed by atoms with Crippen molar-refractivity contribution >= 4 is 23.4 Å². The number of rotatable bonds is 4. The molecule has 3 aromatic heterocycles. The minimum Gasteiger partial charge on any atom is -0.449 e. The van der Waals surface area contributed by atoms with Gasteiger partial charge in [0.15, 0.2) is 22.9 Å². The molecule has 0 aliphatic carbocycles. The van der Waals surface area contributed by atoms with Crippen molar-refractivity contribution in [3.05, 3.63) is 60.6 Å². The SMILES string of the molecule is Cn1ncc(OC(=O)O)c1C(=O)Nc1ccc2nc(-c3ccccc3)nn2c1. The number of ether oxygens (including phenoxy) is 1. The molecule has 0 saturated heterocycles. The Morgan fingerprint density at radius 1 is 1.14 bits per heavy atom. The van der Waals surface area contributed by atoms with Crippen LogP contribution in [-0.2, 0) is 7.05 Å². The third-order valence-electron chi connectivity index (χ3n) is 3.94. The number of pyridine rings is 1. The molecule has 0 spiro atoms. The van der Waals surface area contributed by atoms with Crippen molar-refractivity contribution < 1.29 is 19.4 Å². The molecule has 10 heteroatoms. The zero-order valence-electron chi connectivity index (χ0n) is 14.6. The van der Waals surface area contributed by atoms with Crippen LogP contribution in [0.3, 0.4) is 0 Å². The second-order valence-corrected chi connectivity index (χ2v) is 5.83. The van der Waals surface area contributed by atoms with Crippen LogP contribution in [0.25, 0.3) is 17.0 Å². The lowest BCUT2D eigenvalue weighted by atomic mass is 10.2. The van der Waals surface area contributed by atoms with Crippen LogP contribution in [0.5, 0.6) is 5.75 Å². The predicted octanol–water partition coefficient (Wildman–Crippen LogP) is 2.44. The number of aromatic nitrogens is 5. The topological polar surface area (TPSA) is 124 Å². The Labute approximate surface area is 158 Å². The van der Waals surface area contributed by atoms with Gasteiger partial charge in [-0.15, -0.1) is 5.10 Å². The van der Waals surface area contributed by atoms with Gasteiger partial charge in [0.25, 0.3) is 5.91 Å². The molecular weight excluding hydrogens is 364 g/mol. The molecule has 2 N–H and O–H groups in total. The Bertz CT molecular complexity index is 1180. The molecule has 0 atom stereocenters. The normalized spacial score (nSPS) is 10.8. The summed E-state index contributed by atoms with van der Waals surface area (Å²) in [6.07, 6.45) is 1.25. The van der Waals surface area contributed by atoms with E-state index in [-0.39, 0.29) is 11.4 Å². The van der Waals surface area contributed by atoms with Crippen molar-refractivity contribution in [1.29, 1.82) is 0 Å². The molecule has 0 saturated carbocycles. The number of carbonyl (C=O) groups excluding carboxylic acids is 1. The molecular formula is C18H14N6O4. The first-order valence-electron chi connectivity index (χ1n) is 8.17. The smallest absolute Gasteiger partial charge is 0.449 e. The molecule has 0 aliphatic rings. The van der Waals surface area contributed by atoms with E-state index >= 15 is 0 Å². The largest absolute Gasteiger partial charge is 0.511 e. The van der Waals surface area contributed by atoms with Gasteiger partial charge in [-0.05, 0) is 12.1 Å². The summed E-state index contributed by atoms with van der Waals surface area (Å²) in [6.45, 7) is 0. The highest BCUT2D eigenvalue weighted by atomic mass is 16.7. The van der Waals surface area contributed by atoms with Gasteiger partial charge in [-0.3, -0.25) is 9.48 Å². The number of carbonyl (C=O) groups is 2. The van der Waals surface area contributed by atoms with E-state index in [4.69, 9.17) is 5.11 Å². The molecule has 1 aromatic carbocycles. The zero-order valence-corrected chi connectivity index (χ0v) is 14.6. The number of nitrogens with zero attached hydrogens (tertiary/aromatic N) is 5. The quantitative estimate of drug-likeness (QED) is 0.523. The summed E-state index contributed by atoms with van der Waals surface area (Å²) in [5.74, 6) is -0.160. The van der Waals surface area contributed by atoms with Gasteiger partial charge in [0, 0.05) is 12.6 Å². The molecule has 0 bridgehead atoms. The third kappa shape index (κ3) is 3.26. The van der Waals surface area contributed by atoms with Gasteiger partial charge in [-0.1, -0.05) is 30.3 Å². The third-order valence-corrected chi connectivity index (χ3v) is 3.94. The summed E-state index contributed by atoms with van der Waals surface area (Å²) in [5.41, 5.74) is 1.92.